The minimum atomic E-state index is -0.458. The van der Waals surface area contributed by atoms with Crippen LogP contribution in [0.3, 0.4) is 0 Å². The minimum Gasteiger partial charge on any atom is -0.457 e. The Kier molecular flexibility index (Phi) is 4.24. The van der Waals surface area contributed by atoms with Crippen LogP contribution in [0.5, 0.6) is 0 Å². The zero-order chi connectivity index (χ0) is 12.2. The van der Waals surface area contributed by atoms with E-state index in [-0.39, 0.29) is 5.97 Å². The number of aromatic nitrogens is 1. The van der Waals surface area contributed by atoms with Gasteiger partial charge in [-0.05, 0) is 60.5 Å². The van der Waals surface area contributed by atoms with E-state index in [9.17, 15) is 4.79 Å². The third-order valence-electron chi connectivity index (χ3n) is 1.57. The first-order chi connectivity index (χ1) is 7.37. The van der Waals surface area contributed by atoms with Crippen molar-refractivity contribution in [2.45, 2.75) is 26.4 Å². The summed E-state index contributed by atoms with van der Waals surface area (Å²) in [6, 6.07) is 3.63. The van der Waals surface area contributed by atoms with Crippen molar-refractivity contribution in [3.05, 3.63) is 34.6 Å². The Balaban J connectivity index is 2.64. The fraction of sp³-hybridized carbons (Fsp3) is 0.333. The molecule has 1 aromatic rings. The Morgan fingerprint density at radius 2 is 2.19 bits per heavy atom. The van der Waals surface area contributed by atoms with Crippen molar-refractivity contribution in [2.24, 2.45) is 0 Å². The van der Waals surface area contributed by atoms with Gasteiger partial charge in [-0.15, -0.1) is 0 Å². The second-order valence-electron chi connectivity index (χ2n) is 4.28. The number of nitrogens with zero attached hydrogens (tertiary/aromatic N) is 1. The van der Waals surface area contributed by atoms with Crippen LogP contribution in [0.1, 0.15) is 26.3 Å². The predicted octanol–water partition coefficient (Wildman–Crippen LogP) is 3.20. The van der Waals surface area contributed by atoms with Crippen LogP contribution >= 0.6 is 15.9 Å². The Bertz CT molecular complexity index is 408. The van der Waals surface area contributed by atoms with E-state index in [1.165, 1.54) is 6.08 Å². The molecule has 3 nitrogen and oxygen atoms in total. The van der Waals surface area contributed by atoms with Crippen molar-refractivity contribution < 1.29 is 9.53 Å². The molecular weight excluding hydrogens is 270 g/mol. The minimum absolute atomic E-state index is 0.347. The molecule has 0 atom stereocenters. The van der Waals surface area contributed by atoms with Crippen molar-refractivity contribution in [3.8, 4) is 0 Å². The number of pyridine rings is 1. The summed E-state index contributed by atoms with van der Waals surface area (Å²) in [5.41, 5.74) is 0.438. The van der Waals surface area contributed by atoms with Gasteiger partial charge in [0.15, 0.2) is 0 Å². The first kappa shape index (κ1) is 12.9. The predicted molar refractivity (Wildman–Crippen MR) is 66.8 cm³/mol. The maximum atomic E-state index is 11.4. The second-order valence-corrected chi connectivity index (χ2v) is 5.09. The van der Waals surface area contributed by atoms with Crippen LogP contribution in [0.4, 0.5) is 0 Å². The molecule has 0 amide bonds. The van der Waals surface area contributed by atoms with Gasteiger partial charge in [-0.25, -0.2) is 9.78 Å². The zero-order valence-corrected chi connectivity index (χ0v) is 11.1. The molecule has 0 aliphatic heterocycles. The van der Waals surface area contributed by atoms with Crippen LogP contribution in [-0.4, -0.2) is 16.6 Å². The molecule has 0 aliphatic carbocycles. The molecule has 0 unspecified atom stereocenters. The van der Waals surface area contributed by atoms with Crippen molar-refractivity contribution in [2.75, 3.05) is 0 Å². The number of hydrogen-bond acceptors (Lipinski definition) is 3. The highest BCUT2D eigenvalue weighted by Gasteiger charge is 2.13. The third kappa shape index (κ3) is 5.07. The van der Waals surface area contributed by atoms with Gasteiger partial charge in [-0.1, -0.05) is 0 Å². The summed E-state index contributed by atoms with van der Waals surface area (Å²) in [5, 5.41) is 0. The largest absolute Gasteiger partial charge is 0.457 e. The number of hydrogen-bond donors (Lipinski definition) is 0. The van der Waals surface area contributed by atoms with Crippen LogP contribution in [0, 0.1) is 0 Å². The zero-order valence-electron chi connectivity index (χ0n) is 9.53. The Hall–Kier alpha value is -1.16. The monoisotopic (exact) mass is 283 g/mol. The summed E-state index contributed by atoms with van der Waals surface area (Å²) in [5.74, 6) is -0.347. The van der Waals surface area contributed by atoms with E-state index in [1.807, 2.05) is 32.9 Å². The smallest absolute Gasteiger partial charge is 0.331 e. The number of carbonyl (C=O) groups is 1. The lowest BCUT2D eigenvalue weighted by atomic mass is 10.2. The van der Waals surface area contributed by atoms with Gasteiger partial charge in [0.2, 0.25) is 0 Å². The average molecular weight is 284 g/mol. The van der Waals surface area contributed by atoms with E-state index in [2.05, 4.69) is 20.9 Å². The fourth-order valence-electron chi connectivity index (χ4n) is 1.02. The molecule has 1 heterocycles. The van der Waals surface area contributed by atoms with Gasteiger partial charge in [0.25, 0.3) is 0 Å². The van der Waals surface area contributed by atoms with Gasteiger partial charge in [-0.2, -0.15) is 0 Å². The molecule has 4 heteroatoms. The van der Waals surface area contributed by atoms with Gasteiger partial charge < -0.3 is 4.74 Å². The SMILES string of the molecule is CC(C)(C)OC(=O)/C=C/c1ccnc(Br)c1. The fourth-order valence-corrected chi connectivity index (χ4v) is 1.40. The van der Waals surface area contributed by atoms with Crippen molar-refractivity contribution in [1.82, 2.24) is 4.98 Å². The van der Waals surface area contributed by atoms with E-state index >= 15 is 0 Å². The standard InChI is InChI=1S/C12H14BrNO2/c1-12(2,3)16-11(15)5-4-9-6-7-14-10(13)8-9/h4-8H,1-3H3/b5-4+. The quantitative estimate of drug-likeness (QED) is 0.475. The van der Waals surface area contributed by atoms with Crippen LogP contribution < -0.4 is 0 Å². The van der Waals surface area contributed by atoms with Crippen LogP contribution in [0.25, 0.3) is 6.08 Å². The second kappa shape index (κ2) is 5.25. The molecule has 0 saturated heterocycles. The number of esters is 1. The molecule has 1 rings (SSSR count). The van der Waals surface area contributed by atoms with Crippen molar-refractivity contribution in [1.29, 1.82) is 0 Å². The summed E-state index contributed by atoms with van der Waals surface area (Å²) < 4.78 is 5.87. The highest BCUT2D eigenvalue weighted by atomic mass is 79.9. The third-order valence-corrected chi connectivity index (χ3v) is 2.00. The maximum absolute atomic E-state index is 11.4. The molecular formula is C12H14BrNO2. The Labute approximate surface area is 104 Å². The van der Waals surface area contributed by atoms with Crippen LogP contribution in [0.15, 0.2) is 29.0 Å². The summed E-state index contributed by atoms with van der Waals surface area (Å²) in [7, 11) is 0. The molecule has 86 valence electrons. The van der Waals surface area contributed by atoms with Gasteiger partial charge >= 0.3 is 5.97 Å². The highest BCUT2D eigenvalue weighted by Crippen LogP contribution is 2.11. The topological polar surface area (TPSA) is 39.2 Å². The Morgan fingerprint density at radius 3 is 2.75 bits per heavy atom. The van der Waals surface area contributed by atoms with E-state index in [0.29, 0.717) is 0 Å². The van der Waals surface area contributed by atoms with E-state index in [0.717, 1.165) is 10.2 Å². The lowest BCUT2D eigenvalue weighted by Gasteiger charge is -2.17. The van der Waals surface area contributed by atoms with Crippen molar-refractivity contribution in [3.63, 3.8) is 0 Å². The summed E-state index contributed by atoms with van der Waals surface area (Å²) in [6.45, 7) is 5.51. The van der Waals surface area contributed by atoms with E-state index < -0.39 is 5.60 Å². The van der Waals surface area contributed by atoms with Crippen LogP contribution in [0.2, 0.25) is 0 Å². The summed E-state index contributed by atoms with van der Waals surface area (Å²) >= 11 is 3.26. The van der Waals surface area contributed by atoms with E-state index in [1.54, 1.807) is 12.3 Å². The molecule has 16 heavy (non-hydrogen) atoms. The van der Waals surface area contributed by atoms with Crippen molar-refractivity contribution >= 4 is 28.0 Å². The number of ether oxygens (including phenoxy) is 1. The number of halogens is 1. The van der Waals surface area contributed by atoms with Gasteiger partial charge in [0.1, 0.15) is 10.2 Å². The number of carbonyl (C=O) groups excluding carboxylic acids is 1. The molecule has 0 spiro atoms. The Morgan fingerprint density at radius 1 is 1.50 bits per heavy atom. The maximum Gasteiger partial charge on any atom is 0.331 e. The number of rotatable bonds is 2. The summed E-state index contributed by atoms with van der Waals surface area (Å²) in [6.07, 6.45) is 4.77. The van der Waals surface area contributed by atoms with Gasteiger partial charge in [0, 0.05) is 12.3 Å². The molecule has 0 N–H and O–H groups in total. The molecule has 0 saturated carbocycles. The molecule has 0 radical (unpaired) electrons. The lowest BCUT2D eigenvalue weighted by molar-refractivity contribution is -0.148. The highest BCUT2D eigenvalue weighted by molar-refractivity contribution is 9.10. The first-order valence-corrected chi connectivity index (χ1v) is 5.69. The normalized spacial score (nSPS) is 11.8. The average Bonchev–Trinajstić information content (AvgIpc) is 2.12. The molecule has 0 bridgehead atoms. The molecule has 0 aliphatic rings. The van der Waals surface area contributed by atoms with Gasteiger partial charge in [-0.3, -0.25) is 0 Å². The van der Waals surface area contributed by atoms with Gasteiger partial charge in [0.05, 0.1) is 0 Å². The molecule has 0 aromatic carbocycles. The van der Waals surface area contributed by atoms with Crippen LogP contribution in [-0.2, 0) is 9.53 Å². The first-order valence-electron chi connectivity index (χ1n) is 4.89. The summed E-state index contributed by atoms with van der Waals surface area (Å²) in [4.78, 5) is 15.4. The van der Waals surface area contributed by atoms with E-state index in [4.69, 9.17) is 4.74 Å². The molecule has 1 aromatic heterocycles. The lowest BCUT2D eigenvalue weighted by Crippen LogP contribution is -2.22. The molecule has 0 fully saturated rings.